The van der Waals surface area contributed by atoms with Gasteiger partial charge in [-0.2, -0.15) is 13.2 Å². The van der Waals surface area contributed by atoms with Gasteiger partial charge < -0.3 is 14.6 Å². The van der Waals surface area contributed by atoms with Gasteiger partial charge in [0.25, 0.3) is 21.7 Å². The molecule has 8 nitrogen and oxygen atoms in total. The van der Waals surface area contributed by atoms with E-state index in [1.807, 2.05) is 0 Å². The first-order valence-electron chi connectivity index (χ1n) is 6.97. The number of carbonyl (C=O) groups excluding carboxylic acids is 1. The Labute approximate surface area is 149 Å². The third-order valence-corrected chi connectivity index (χ3v) is 5.21. The van der Waals surface area contributed by atoms with Gasteiger partial charge in [0.1, 0.15) is 5.25 Å². The minimum atomic E-state index is -5.96. The summed E-state index contributed by atoms with van der Waals surface area (Å²) in [4.78, 5) is 20.7. The van der Waals surface area contributed by atoms with Gasteiger partial charge in [0.05, 0.1) is 10.7 Å². The van der Waals surface area contributed by atoms with Gasteiger partial charge in [-0.05, 0) is 11.6 Å². The summed E-state index contributed by atoms with van der Waals surface area (Å²) in [6, 6.07) is 7.97. The van der Waals surface area contributed by atoms with Crippen LogP contribution in [0.4, 0.5) is 23.7 Å². The van der Waals surface area contributed by atoms with Crippen LogP contribution in [0.5, 0.6) is 5.75 Å². The molecule has 0 N–H and O–H groups in total. The fourth-order valence-electron chi connectivity index (χ4n) is 2.32. The topological polar surface area (TPSA) is 127 Å². The Hall–Kier alpha value is -3.15. The van der Waals surface area contributed by atoms with E-state index in [9.17, 15) is 41.6 Å². The summed E-state index contributed by atoms with van der Waals surface area (Å²) in [6.45, 7) is 0. The molecule has 0 amide bonds. The molecule has 0 aliphatic rings. The lowest BCUT2D eigenvalue weighted by molar-refractivity contribution is -0.385. The lowest BCUT2D eigenvalue weighted by Gasteiger charge is -2.23. The van der Waals surface area contributed by atoms with Crippen molar-refractivity contribution in [3.8, 4) is 5.75 Å². The first kappa shape index (κ1) is 20.2. The molecule has 27 heavy (non-hydrogen) atoms. The molecule has 0 saturated carbocycles. The second-order valence-corrected chi connectivity index (χ2v) is 7.14. The Balaban J connectivity index is 2.85. The molecular weight excluding hydrogens is 395 g/mol. The predicted molar refractivity (Wildman–Crippen MR) is 82.4 cm³/mol. The van der Waals surface area contributed by atoms with Crippen LogP contribution in [0.15, 0.2) is 48.5 Å². The fraction of sp³-hybridized carbons (Fsp3) is 0.133. The number of non-ortho nitro benzene ring substituents is 1. The van der Waals surface area contributed by atoms with Crippen molar-refractivity contribution in [2.75, 3.05) is 0 Å². The van der Waals surface area contributed by atoms with Crippen molar-refractivity contribution >= 4 is 21.7 Å². The highest BCUT2D eigenvalue weighted by molar-refractivity contribution is 7.92. The van der Waals surface area contributed by atoms with Crippen LogP contribution in [-0.2, 0) is 9.84 Å². The Bertz CT molecular complexity index is 975. The van der Waals surface area contributed by atoms with Crippen LogP contribution in [0.25, 0.3) is 0 Å². The largest absolute Gasteiger partial charge is 0.514 e. The second kappa shape index (κ2) is 7.23. The predicted octanol–water partition coefficient (Wildman–Crippen LogP) is 2.34. The number of hydrogen-bond donors (Lipinski definition) is 0. The number of halogens is 3. The van der Waals surface area contributed by atoms with Crippen molar-refractivity contribution in [2.24, 2.45) is 0 Å². The number of ether oxygens (including phenoxy) is 1. The molecule has 1 unspecified atom stereocenters. The summed E-state index contributed by atoms with van der Waals surface area (Å²) in [7, 11) is -5.96. The molecule has 144 valence electrons. The van der Waals surface area contributed by atoms with E-state index < -0.39 is 54.2 Å². The summed E-state index contributed by atoms with van der Waals surface area (Å²) < 4.78 is 68.2. The average Bonchev–Trinajstić information content (AvgIpc) is 2.55. The zero-order chi connectivity index (χ0) is 20.4. The van der Waals surface area contributed by atoms with Gasteiger partial charge >= 0.3 is 5.51 Å². The monoisotopic (exact) mass is 404 g/mol. The van der Waals surface area contributed by atoms with Crippen molar-refractivity contribution in [3.05, 3.63) is 69.8 Å². The number of sulfone groups is 1. The van der Waals surface area contributed by atoms with Crippen molar-refractivity contribution < 1.29 is 41.2 Å². The van der Waals surface area contributed by atoms with Crippen LogP contribution in [0.1, 0.15) is 16.4 Å². The van der Waals surface area contributed by atoms with E-state index in [2.05, 4.69) is 4.74 Å². The first-order valence-corrected chi connectivity index (χ1v) is 8.52. The van der Waals surface area contributed by atoms with Crippen molar-refractivity contribution in [2.45, 2.75) is 10.8 Å². The summed E-state index contributed by atoms with van der Waals surface area (Å²) in [5.41, 5.74) is -7.74. The molecule has 2 rings (SSSR count). The molecule has 0 aliphatic heterocycles. The first-order chi connectivity index (χ1) is 12.4. The minimum absolute atomic E-state index is 0.390. The lowest BCUT2D eigenvalue weighted by Crippen LogP contribution is -2.31. The lowest BCUT2D eigenvalue weighted by atomic mass is 10.0. The summed E-state index contributed by atoms with van der Waals surface area (Å²) >= 11 is 0. The maximum Gasteiger partial charge on any atom is 0.498 e. The van der Waals surface area contributed by atoms with Gasteiger partial charge in [0.15, 0.2) is 0 Å². The van der Waals surface area contributed by atoms with Gasteiger partial charge in [-0.25, -0.2) is 8.42 Å². The van der Waals surface area contributed by atoms with Crippen LogP contribution in [0.3, 0.4) is 0 Å². The smallest absolute Gasteiger partial charge is 0.498 e. The highest BCUT2D eigenvalue weighted by Crippen LogP contribution is 2.44. The van der Waals surface area contributed by atoms with Gasteiger partial charge in [-0.1, -0.05) is 30.3 Å². The van der Waals surface area contributed by atoms with E-state index in [-0.39, 0.29) is 0 Å². The van der Waals surface area contributed by atoms with Crippen LogP contribution in [-0.4, -0.2) is 25.0 Å². The molecule has 0 spiro atoms. The van der Waals surface area contributed by atoms with Gasteiger partial charge in [0, 0.05) is 17.7 Å². The Morgan fingerprint density at radius 1 is 1.11 bits per heavy atom. The number of carboxylic acid groups (broad SMARTS) is 1. The number of nitro benzene ring substituents is 1. The van der Waals surface area contributed by atoms with Crippen molar-refractivity contribution in [3.63, 3.8) is 0 Å². The molecule has 1 atom stereocenters. The molecular formula is C15H9F3NO7S-. The van der Waals surface area contributed by atoms with Crippen LogP contribution >= 0.6 is 0 Å². The summed E-state index contributed by atoms with van der Waals surface area (Å²) in [5.74, 6) is -0.831. The molecule has 12 heteroatoms. The molecule has 0 heterocycles. The van der Waals surface area contributed by atoms with E-state index in [4.69, 9.17) is 0 Å². The van der Waals surface area contributed by atoms with Crippen molar-refractivity contribution in [1.29, 1.82) is 0 Å². The third kappa shape index (κ3) is 4.16. The highest BCUT2D eigenvalue weighted by Gasteiger charge is 2.52. The number of carbonyl (C=O) groups is 1. The number of hydrogen-bond acceptors (Lipinski definition) is 7. The van der Waals surface area contributed by atoms with E-state index >= 15 is 0 Å². The summed E-state index contributed by atoms with van der Waals surface area (Å²) in [5, 5.41) is 19.2. The molecule has 0 aliphatic carbocycles. The maximum absolute atomic E-state index is 13.2. The molecule has 0 saturated heterocycles. The van der Waals surface area contributed by atoms with Crippen molar-refractivity contribution in [1.82, 2.24) is 0 Å². The fourth-order valence-corrected chi connectivity index (χ4v) is 3.63. The van der Waals surface area contributed by atoms with Gasteiger partial charge in [-0.3, -0.25) is 10.1 Å². The molecule has 0 radical (unpaired) electrons. The molecule has 0 aromatic heterocycles. The molecule has 0 fully saturated rings. The van der Waals surface area contributed by atoms with Gasteiger partial charge in [-0.15, -0.1) is 0 Å². The highest BCUT2D eigenvalue weighted by atomic mass is 32.2. The van der Waals surface area contributed by atoms with E-state index in [0.29, 0.717) is 12.1 Å². The zero-order valence-electron chi connectivity index (χ0n) is 13.0. The number of nitrogens with zero attached hydrogens (tertiary/aromatic N) is 1. The minimum Gasteiger partial charge on any atom is -0.514 e. The summed E-state index contributed by atoms with van der Waals surface area (Å²) in [6.07, 6.45) is -2.18. The molecule has 2 aromatic rings. The standard InChI is InChI=1S/C15H10F3NO7S/c16-15(17,18)27(24,25)13(9-4-2-1-3-5-9)11-8-10(19(22)23)6-7-12(11)26-14(20)21/h1-8,13H,(H,20,21)/p-1. The Morgan fingerprint density at radius 3 is 2.19 bits per heavy atom. The second-order valence-electron chi connectivity index (χ2n) is 5.11. The number of nitro groups is 1. The quantitative estimate of drug-likeness (QED) is 0.324. The molecule has 0 bridgehead atoms. The maximum atomic E-state index is 13.2. The normalized spacial score (nSPS) is 13.0. The van der Waals surface area contributed by atoms with E-state index in [1.54, 1.807) is 0 Å². The average molecular weight is 404 g/mol. The number of benzene rings is 2. The Morgan fingerprint density at radius 2 is 1.70 bits per heavy atom. The number of alkyl halides is 3. The Kier molecular flexibility index (Phi) is 5.40. The number of rotatable bonds is 5. The molecule has 2 aromatic carbocycles. The third-order valence-electron chi connectivity index (χ3n) is 3.42. The van der Waals surface area contributed by atoms with Gasteiger partial charge in [0.2, 0.25) is 0 Å². The van der Waals surface area contributed by atoms with Crippen LogP contribution < -0.4 is 9.84 Å². The van der Waals surface area contributed by atoms with E-state index in [1.165, 1.54) is 18.2 Å². The van der Waals surface area contributed by atoms with Crippen LogP contribution in [0.2, 0.25) is 0 Å². The zero-order valence-corrected chi connectivity index (χ0v) is 13.9. The van der Waals surface area contributed by atoms with Crippen LogP contribution in [0, 0.1) is 10.1 Å². The SMILES string of the molecule is O=C([O-])Oc1ccc([N+](=O)[O-])cc1C(c1ccccc1)S(=O)(=O)C(F)(F)F. The van der Waals surface area contributed by atoms with E-state index in [0.717, 1.165) is 18.2 Å².